The van der Waals surface area contributed by atoms with Crippen molar-refractivity contribution in [2.45, 2.75) is 6.42 Å². The van der Waals surface area contributed by atoms with Crippen LogP contribution in [0.5, 0.6) is 5.75 Å². The average molecular weight is 400 g/mol. The van der Waals surface area contributed by atoms with E-state index in [2.05, 4.69) is 26.6 Å². The first kappa shape index (κ1) is 17.1. The summed E-state index contributed by atoms with van der Waals surface area (Å²) in [5, 5.41) is 7.51. The molecule has 0 aliphatic heterocycles. The van der Waals surface area contributed by atoms with Crippen molar-refractivity contribution >= 4 is 50.5 Å². The molecule has 6 heteroatoms. The van der Waals surface area contributed by atoms with E-state index >= 15 is 0 Å². The number of benzene rings is 2. The van der Waals surface area contributed by atoms with Gasteiger partial charge in [0.1, 0.15) is 5.75 Å². The Morgan fingerprint density at radius 3 is 2.59 bits per heavy atom. The Morgan fingerprint density at radius 1 is 1.23 bits per heavy atom. The highest BCUT2D eigenvalue weighted by Crippen LogP contribution is 2.25. The lowest BCUT2D eigenvalue weighted by molar-refractivity contribution is 0.414. The maximum absolute atomic E-state index is 6.05. The largest absolute Gasteiger partial charge is 0.497 e. The molecule has 2 rings (SSSR count). The van der Waals surface area contributed by atoms with Gasteiger partial charge in [-0.25, -0.2) is 0 Å². The Balaban J connectivity index is 1.78. The number of thiocarbonyl (C=S) groups is 1. The monoisotopic (exact) mass is 398 g/mol. The molecule has 0 atom stereocenters. The number of rotatable bonds is 5. The summed E-state index contributed by atoms with van der Waals surface area (Å²) >= 11 is 14.7. The highest BCUT2D eigenvalue weighted by atomic mass is 79.9. The highest BCUT2D eigenvalue weighted by molar-refractivity contribution is 9.10. The molecule has 0 spiro atoms. The molecule has 116 valence electrons. The number of halogens is 2. The predicted molar refractivity (Wildman–Crippen MR) is 100 cm³/mol. The van der Waals surface area contributed by atoms with Gasteiger partial charge in [-0.2, -0.15) is 0 Å². The van der Waals surface area contributed by atoms with Crippen LogP contribution in [0, 0.1) is 0 Å². The zero-order chi connectivity index (χ0) is 15.9. The van der Waals surface area contributed by atoms with Crippen LogP contribution in [-0.2, 0) is 6.42 Å². The summed E-state index contributed by atoms with van der Waals surface area (Å²) in [6, 6.07) is 13.6. The zero-order valence-electron chi connectivity index (χ0n) is 12.0. The molecule has 0 fully saturated rings. The van der Waals surface area contributed by atoms with E-state index in [0.717, 1.165) is 28.9 Å². The van der Waals surface area contributed by atoms with Crippen LogP contribution in [0.1, 0.15) is 5.56 Å². The van der Waals surface area contributed by atoms with Crippen molar-refractivity contribution in [2.75, 3.05) is 19.0 Å². The van der Waals surface area contributed by atoms with Crippen LogP contribution in [0.3, 0.4) is 0 Å². The highest BCUT2D eigenvalue weighted by Gasteiger charge is 2.01. The molecule has 22 heavy (non-hydrogen) atoms. The fraction of sp³-hybridized carbons (Fsp3) is 0.188. The van der Waals surface area contributed by atoms with Crippen molar-refractivity contribution in [3.63, 3.8) is 0 Å². The maximum atomic E-state index is 6.05. The summed E-state index contributed by atoms with van der Waals surface area (Å²) in [7, 11) is 1.66. The van der Waals surface area contributed by atoms with E-state index in [1.807, 2.05) is 42.5 Å². The van der Waals surface area contributed by atoms with Crippen LogP contribution in [0.2, 0.25) is 5.02 Å². The SMILES string of the molecule is COc1ccc(CCNC(=S)Nc2ccc(Br)c(Cl)c2)cc1. The Hall–Kier alpha value is -1.30. The Morgan fingerprint density at radius 2 is 1.95 bits per heavy atom. The van der Waals surface area contributed by atoms with Gasteiger partial charge >= 0.3 is 0 Å². The molecule has 0 saturated carbocycles. The lowest BCUT2D eigenvalue weighted by atomic mass is 10.1. The third kappa shape index (κ3) is 5.16. The molecular weight excluding hydrogens is 384 g/mol. The van der Waals surface area contributed by atoms with Gasteiger partial charge in [0.25, 0.3) is 0 Å². The van der Waals surface area contributed by atoms with Crippen LogP contribution < -0.4 is 15.4 Å². The molecule has 0 heterocycles. The lowest BCUT2D eigenvalue weighted by Crippen LogP contribution is -2.30. The zero-order valence-corrected chi connectivity index (χ0v) is 15.2. The number of hydrogen-bond donors (Lipinski definition) is 2. The average Bonchev–Trinajstić information content (AvgIpc) is 2.51. The van der Waals surface area contributed by atoms with Gasteiger partial charge in [-0.15, -0.1) is 0 Å². The summed E-state index contributed by atoms with van der Waals surface area (Å²) in [5.41, 5.74) is 2.08. The van der Waals surface area contributed by atoms with Crippen molar-refractivity contribution < 1.29 is 4.74 Å². The minimum Gasteiger partial charge on any atom is -0.497 e. The molecule has 0 radical (unpaired) electrons. The van der Waals surface area contributed by atoms with Gasteiger partial charge in [0.05, 0.1) is 12.1 Å². The Kier molecular flexibility index (Phi) is 6.49. The van der Waals surface area contributed by atoms with E-state index in [1.54, 1.807) is 7.11 Å². The quantitative estimate of drug-likeness (QED) is 0.718. The second kappa shape index (κ2) is 8.36. The second-order valence-corrected chi connectivity index (χ2v) is 6.28. The molecular formula is C16H16BrClN2OS. The van der Waals surface area contributed by atoms with E-state index in [-0.39, 0.29) is 0 Å². The van der Waals surface area contributed by atoms with Crippen LogP contribution in [-0.4, -0.2) is 18.8 Å². The van der Waals surface area contributed by atoms with E-state index < -0.39 is 0 Å². The molecule has 0 unspecified atom stereocenters. The van der Waals surface area contributed by atoms with E-state index in [4.69, 9.17) is 28.6 Å². The van der Waals surface area contributed by atoms with Crippen molar-refractivity contribution in [1.29, 1.82) is 0 Å². The van der Waals surface area contributed by atoms with Crippen LogP contribution in [0.25, 0.3) is 0 Å². The number of nitrogens with one attached hydrogen (secondary N) is 2. The molecule has 0 saturated heterocycles. The minimum absolute atomic E-state index is 0.576. The van der Waals surface area contributed by atoms with Gasteiger partial charge in [0.15, 0.2) is 5.11 Å². The van der Waals surface area contributed by atoms with E-state index in [9.17, 15) is 0 Å². The molecule has 0 amide bonds. The third-order valence-electron chi connectivity index (χ3n) is 3.04. The van der Waals surface area contributed by atoms with Gasteiger partial charge in [0.2, 0.25) is 0 Å². The molecule has 0 aliphatic rings. The molecule has 2 aromatic rings. The number of anilines is 1. The topological polar surface area (TPSA) is 33.3 Å². The first-order valence-corrected chi connectivity index (χ1v) is 8.29. The normalized spacial score (nSPS) is 10.1. The summed E-state index contributed by atoms with van der Waals surface area (Å²) in [5.74, 6) is 0.862. The summed E-state index contributed by atoms with van der Waals surface area (Å²) < 4.78 is 6.00. The smallest absolute Gasteiger partial charge is 0.170 e. The summed E-state index contributed by atoms with van der Waals surface area (Å²) in [6.07, 6.45) is 0.882. The predicted octanol–water partition coefficient (Wildman–Crippen LogP) is 4.64. The number of hydrogen-bond acceptors (Lipinski definition) is 2. The molecule has 2 N–H and O–H groups in total. The molecule has 0 bridgehead atoms. The maximum Gasteiger partial charge on any atom is 0.170 e. The second-order valence-electron chi connectivity index (χ2n) is 4.61. The van der Waals surface area contributed by atoms with E-state index in [1.165, 1.54) is 5.56 Å². The first-order chi connectivity index (χ1) is 10.6. The number of ether oxygens (including phenoxy) is 1. The van der Waals surface area contributed by atoms with Crippen LogP contribution in [0.4, 0.5) is 5.69 Å². The van der Waals surface area contributed by atoms with Gasteiger partial charge in [-0.05, 0) is 70.5 Å². The van der Waals surface area contributed by atoms with Crippen LogP contribution >= 0.6 is 39.7 Å². The Bertz CT molecular complexity index is 649. The van der Waals surface area contributed by atoms with Crippen molar-refractivity contribution in [1.82, 2.24) is 5.32 Å². The Labute approximate surface area is 149 Å². The van der Waals surface area contributed by atoms with Crippen LogP contribution in [0.15, 0.2) is 46.9 Å². The molecule has 2 aromatic carbocycles. The third-order valence-corrected chi connectivity index (χ3v) is 4.51. The van der Waals surface area contributed by atoms with Gasteiger partial charge in [-0.3, -0.25) is 0 Å². The number of methoxy groups -OCH3 is 1. The lowest BCUT2D eigenvalue weighted by Gasteiger charge is -2.11. The minimum atomic E-state index is 0.576. The molecule has 0 aliphatic carbocycles. The van der Waals surface area contributed by atoms with Crippen molar-refractivity contribution in [3.05, 3.63) is 57.5 Å². The van der Waals surface area contributed by atoms with Gasteiger partial charge < -0.3 is 15.4 Å². The van der Waals surface area contributed by atoms with Crippen molar-refractivity contribution in [2.24, 2.45) is 0 Å². The van der Waals surface area contributed by atoms with Crippen molar-refractivity contribution in [3.8, 4) is 5.75 Å². The van der Waals surface area contributed by atoms with Gasteiger partial charge in [-0.1, -0.05) is 23.7 Å². The first-order valence-electron chi connectivity index (χ1n) is 6.71. The standard InChI is InChI=1S/C16H16BrClN2OS/c1-21-13-5-2-11(3-6-13)8-9-19-16(22)20-12-4-7-14(17)15(18)10-12/h2-7,10H,8-9H2,1H3,(H2,19,20,22). The van der Waals surface area contributed by atoms with Gasteiger partial charge in [0, 0.05) is 16.7 Å². The summed E-state index contributed by atoms with van der Waals surface area (Å²) in [4.78, 5) is 0. The van der Waals surface area contributed by atoms with E-state index in [0.29, 0.717) is 10.1 Å². The molecule has 0 aromatic heterocycles. The summed E-state index contributed by atoms with van der Waals surface area (Å²) in [6.45, 7) is 0.752. The fourth-order valence-electron chi connectivity index (χ4n) is 1.86. The fourth-order valence-corrected chi connectivity index (χ4v) is 2.51. The molecule has 3 nitrogen and oxygen atoms in total.